The third-order valence-electron chi connectivity index (χ3n) is 4.08. The maximum atomic E-state index is 3.73. The van der Waals surface area contributed by atoms with Gasteiger partial charge in [-0.05, 0) is 57.0 Å². The Morgan fingerprint density at radius 1 is 1.32 bits per heavy atom. The lowest BCUT2D eigenvalue weighted by molar-refractivity contribution is 0.245. The van der Waals surface area contributed by atoms with E-state index in [0.29, 0.717) is 12.1 Å². The summed E-state index contributed by atoms with van der Waals surface area (Å²) in [6, 6.07) is 9.75. The summed E-state index contributed by atoms with van der Waals surface area (Å²) in [5, 5.41) is 3.73. The summed E-state index contributed by atoms with van der Waals surface area (Å²) in [6.45, 7) is 8.21. The Kier molecular flexibility index (Phi) is 5.86. The quantitative estimate of drug-likeness (QED) is 0.851. The third kappa shape index (κ3) is 4.30. The van der Waals surface area contributed by atoms with Gasteiger partial charge in [0.15, 0.2) is 0 Å². The molecule has 3 heteroatoms. The number of hydrogen-bond donors (Lipinski definition) is 1. The van der Waals surface area contributed by atoms with Crippen LogP contribution in [0.5, 0.6) is 0 Å². The van der Waals surface area contributed by atoms with Crippen LogP contribution in [-0.4, -0.2) is 30.6 Å². The van der Waals surface area contributed by atoms with Crippen molar-refractivity contribution in [1.29, 1.82) is 0 Å². The summed E-state index contributed by atoms with van der Waals surface area (Å²) in [7, 11) is 0. The summed E-state index contributed by atoms with van der Waals surface area (Å²) < 4.78 is 1.16. The number of nitrogens with zero attached hydrogens (tertiary/aromatic N) is 1. The van der Waals surface area contributed by atoms with Gasteiger partial charge in [0.05, 0.1) is 0 Å². The second kappa shape index (κ2) is 7.41. The molecule has 1 fully saturated rings. The first-order chi connectivity index (χ1) is 9.20. The second-order valence-corrected chi connectivity index (χ2v) is 6.43. The Morgan fingerprint density at radius 3 is 2.68 bits per heavy atom. The predicted octanol–water partition coefficient (Wildman–Crippen LogP) is 3.97. The van der Waals surface area contributed by atoms with Gasteiger partial charge >= 0.3 is 0 Å². The zero-order valence-corrected chi connectivity index (χ0v) is 13.6. The molecule has 19 heavy (non-hydrogen) atoms. The molecule has 2 rings (SSSR count). The molecule has 1 heterocycles. The SMILES string of the molecule is CCC(NCC(C)N1CCCC1)c1cccc(Br)c1. The van der Waals surface area contributed by atoms with Crippen LogP contribution in [0.15, 0.2) is 28.7 Å². The topological polar surface area (TPSA) is 15.3 Å². The Balaban J connectivity index is 1.88. The summed E-state index contributed by atoms with van der Waals surface area (Å²) in [5.74, 6) is 0. The first-order valence-corrected chi connectivity index (χ1v) is 8.23. The molecule has 0 spiro atoms. The molecule has 0 radical (unpaired) electrons. The Hall–Kier alpha value is -0.380. The summed E-state index contributed by atoms with van der Waals surface area (Å²) in [4.78, 5) is 2.60. The maximum absolute atomic E-state index is 3.73. The summed E-state index contributed by atoms with van der Waals surface area (Å²) in [6.07, 6.45) is 3.86. The number of halogens is 1. The summed E-state index contributed by atoms with van der Waals surface area (Å²) >= 11 is 3.56. The molecule has 1 aromatic rings. The minimum atomic E-state index is 0.461. The molecule has 0 aliphatic carbocycles. The Morgan fingerprint density at radius 2 is 2.05 bits per heavy atom. The van der Waals surface area contributed by atoms with Crippen molar-refractivity contribution in [1.82, 2.24) is 10.2 Å². The molecule has 1 aromatic carbocycles. The molecule has 0 aromatic heterocycles. The van der Waals surface area contributed by atoms with Gasteiger partial charge in [0.2, 0.25) is 0 Å². The van der Waals surface area contributed by atoms with Gasteiger partial charge in [-0.1, -0.05) is 35.0 Å². The zero-order chi connectivity index (χ0) is 13.7. The molecule has 0 amide bonds. The molecule has 1 aliphatic rings. The Bertz CT molecular complexity index is 388. The highest BCUT2D eigenvalue weighted by atomic mass is 79.9. The number of likely N-dealkylation sites (tertiary alicyclic amines) is 1. The van der Waals surface area contributed by atoms with Gasteiger partial charge in [0.1, 0.15) is 0 Å². The van der Waals surface area contributed by atoms with Gasteiger partial charge in [-0.25, -0.2) is 0 Å². The van der Waals surface area contributed by atoms with Crippen LogP contribution in [0.4, 0.5) is 0 Å². The molecule has 0 saturated carbocycles. The van der Waals surface area contributed by atoms with E-state index >= 15 is 0 Å². The standard InChI is InChI=1S/C16H25BrN2/c1-3-16(14-7-6-8-15(17)11-14)18-12-13(2)19-9-4-5-10-19/h6-8,11,13,16,18H,3-5,9-10,12H2,1-2H3. The number of rotatable bonds is 6. The predicted molar refractivity (Wildman–Crippen MR) is 85.4 cm³/mol. The fraction of sp³-hybridized carbons (Fsp3) is 0.625. The van der Waals surface area contributed by atoms with Gasteiger partial charge in [-0.3, -0.25) is 4.90 Å². The van der Waals surface area contributed by atoms with Crippen molar-refractivity contribution in [3.63, 3.8) is 0 Å². The zero-order valence-electron chi connectivity index (χ0n) is 12.0. The number of benzene rings is 1. The van der Waals surface area contributed by atoms with Gasteiger partial charge in [-0.2, -0.15) is 0 Å². The fourth-order valence-corrected chi connectivity index (χ4v) is 3.26. The van der Waals surface area contributed by atoms with Crippen molar-refractivity contribution in [2.45, 2.75) is 45.2 Å². The molecule has 106 valence electrons. The highest BCUT2D eigenvalue weighted by Crippen LogP contribution is 2.21. The molecule has 0 bridgehead atoms. The molecule has 1 saturated heterocycles. The first-order valence-electron chi connectivity index (χ1n) is 7.43. The lowest BCUT2D eigenvalue weighted by Crippen LogP contribution is -2.39. The average molecular weight is 325 g/mol. The van der Waals surface area contributed by atoms with E-state index in [4.69, 9.17) is 0 Å². The number of nitrogens with one attached hydrogen (secondary N) is 1. The van der Waals surface area contributed by atoms with E-state index in [1.807, 2.05) is 0 Å². The molecular weight excluding hydrogens is 300 g/mol. The number of hydrogen-bond acceptors (Lipinski definition) is 2. The minimum absolute atomic E-state index is 0.461. The largest absolute Gasteiger partial charge is 0.308 e. The van der Waals surface area contributed by atoms with E-state index in [-0.39, 0.29) is 0 Å². The normalized spacial score (nSPS) is 19.5. The Labute approximate surface area is 125 Å². The summed E-state index contributed by atoms with van der Waals surface area (Å²) in [5.41, 5.74) is 1.38. The molecule has 1 N–H and O–H groups in total. The van der Waals surface area contributed by atoms with Crippen molar-refractivity contribution >= 4 is 15.9 Å². The van der Waals surface area contributed by atoms with Crippen LogP contribution in [0, 0.1) is 0 Å². The van der Waals surface area contributed by atoms with Crippen molar-refractivity contribution < 1.29 is 0 Å². The lowest BCUT2D eigenvalue weighted by Gasteiger charge is -2.27. The van der Waals surface area contributed by atoms with Crippen molar-refractivity contribution in [3.05, 3.63) is 34.3 Å². The minimum Gasteiger partial charge on any atom is -0.308 e. The van der Waals surface area contributed by atoms with Gasteiger partial charge < -0.3 is 5.32 Å². The van der Waals surface area contributed by atoms with Crippen LogP contribution >= 0.6 is 15.9 Å². The molecule has 2 unspecified atom stereocenters. The van der Waals surface area contributed by atoms with E-state index in [1.54, 1.807) is 0 Å². The van der Waals surface area contributed by atoms with Gasteiger partial charge in [-0.15, -0.1) is 0 Å². The monoisotopic (exact) mass is 324 g/mol. The third-order valence-corrected chi connectivity index (χ3v) is 4.58. The van der Waals surface area contributed by atoms with Gasteiger partial charge in [0, 0.05) is 23.1 Å². The second-order valence-electron chi connectivity index (χ2n) is 5.52. The molecule has 2 atom stereocenters. The van der Waals surface area contributed by atoms with Crippen LogP contribution < -0.4 is 5.32 Å². The van der Waals surface area contributed by atoms with E-state index in [1.165, 1.54) is 31.5 Å². The van der Waals surface area contributed by atoms with E-state index in [2.05, 4.69) is 64.3 Å². The van der Waals surface area contributed by atoms with Crippen molar-refractivity contribution in [3.8, 4) is 0 Å². The smallest absolute Gasteiger partial charge is 0.0318 e. The van der Waals surface area contributed by atoms with Gasteiger partial charge in [0.25, 0.3) is 0 Å². The van der Waals surface area contributed by atoms with Crippen LogP contribution in [-0.2, 0) is 0 Å². The van der Waals surface area contributed by atoms with Crippen molar-refractivity contribution in [2.75, 3.05) is 19.6 Å². The molecule has 1 aliphatic heterocycles. The highest BCUT2D eigenvalue weighted by Gasteiger charge is 2.19. The van der Waals surface area contributed by atoms with Crippen LogP contribution in [0.25, 0.3) is 0 Å². The fourth-order valence-electron chi connectivity index (χ4n) is 2.85. The highest BCUT2D eigenvalue weighted by molar-refractivity contribution is 9.10. The average Bonchev–Trinajstić information content (AvgIpc) is 2.93. The first kappa shape index (κ1) is 15.0. The lowest BCUT2D eigenvalue weighted by atomic mass is 10.0. The van der Waals surface area contributed by atoms with Crippen LogP contribution in [0.1, 0.15) is 44.7 Å². The van der Waals surface area contributed by atoms with E-state index < -0.39 is 0 Å². The maximum Gasteiger partial charge on any atom is 0.0318 e. The van der Waals surface area contributed by atoms with Crippen LogP contribution in [0.2, 0.25) is 0 Å². The molecular formula is C16H25BrN2. The van der Waals surface area contributed by atoms with E-state index in [0.717, 1.165) is 17.4 Å². The molecule has 2 nitrogen and oxygen atoms in total. The van der Waals surface area contributed by atoms with Crippen molar-refractivity contribution in [2.24, 2.45) is 0 Å². The van der Waals surface area contributed by atoms with E-state index in [9.17, 15) is 0 Å². The van der Waals surface area contributed by atoms with Crippen LogP contribution in [0.3, 0.4) is 0 Å².